The van der Waals surface area contributed by atoms with Crippen LogP contribution in [0.5, 0.6) is 0 Å². The summed E-state index contributed by atoms with van der Waals surface area (Å²) in [7, 11) is -1.73. The molecular formula is C7H17O2P. The van der Waals surface area contributed by atoms with Crippen LogP contribution in [0.15, 0.2) is 0 Å². The average molecular weight is 164 g/mol. The van der Waals surface area contributed by atoms with E-state index in [0.717, 1.165) is 12.8 Å². The molecule has 0 spiro atoms. The molecule has 0 aliphatic heterocycles. The first-order chi connectivity index (χ1) is 4.72. The van der Waals surface area contributed by atoms with Crippen LogP contribution >= 0.6 is 8.03 Å². The van der Waals surface area contributed by atoms with E-state index < -0.39 is 8.03 Å². The van der Waals surface area contributed by atoms with Crippen LogP contribution in [0.3, 0.4) is 0 Å². The van der Waals surface area contributed by atoms with Crippen LogP contribution < -0.4 is 0 Å². The number of hydrogen-bond donors (Lipinski definition) is 0. The highest BCUT2D eigenvalue weighted by molar-refractivity contribution is 7.39. The van der Waals surface area contributed by atoms with Gasteiger partial charge in [-0.2, -0.15) is 0 Å². The summed E-state index contributed by atoms with van der Waals surface area (Å²) in [6.45, 7) is 6.66. The number of hydrogen-bond acceptors (Lipinski definition) is 2. The minimum atomic E-state index is -1.73. The van der Waals surface area contributed by atoms with Crippen LogP contribution in [-0.2, 0) is 9.09 Å². The first-order valence-electron chi connectivity index (χ1n) is 3.89. The maximum atomic E-state index is 11.1. The Labute approximate surface area is 63.8 Å². The van der Waals surface area contributed by atoms with Crippen LogP contribution in [0.2, 0.25) is 0 Å². The third kappa shape index (κ3) is 4.08. The van der Waals surface area contributed by atoms with Gasteiger partial charge in [0, 0.05) is 5.66 Å². The second-order valence-electron chi connectivity index (χ2n) is 2.48. The van der Waals surface area contributed by atoms with Gasteiger partial charge in [0.25, 0.3) is 0 Å². The van der Waals surface area contributed by atoms with E-state index in [0.29, 0.717) is 6.61 Å². The molecule has 0 N–H and O–H groups in total. The molecule has 62 valence electrons. The van der Waals surface area contributed by atoms with E-state index in [1.807, 2.05) is 20.8 Å². The van der Waals surface area contributed by atoms with Crippen molar-refractivity contribution in [2.45, 2.75) is 39.3 Å². The Kier molecular flexibility index (Phi) is 6.05. The molecule has 0 radical (unpaired) electrons. The van der Waals surface area contributed by atoms with E-state index >= 15 is 0 Å². The highest BCUT2D eigenvalue weighted by Gasteiger charge is 2.07. The van der Waals surface area contributed by atoms with Gasteiger partial charge in [-0.05, 0) is 12.8 Å². The molecule has 0 aromatic rings. The maximum Gasteiger partial charge on any atom is 0.194 e. The second-order valence-corrected chi connectivity index (χ2v) is 4.39. The summed E-state index contributed by atoms with van der Waals surface area (Å²) in [6.07, 6.45) is 1.90. The molecule has 0 aromatic heterocycles. The summed E-state index contributed by atoms with van der Waals surface area (Å²) >= 11 is 0. The van der Waals surface area contributed by atoms with Gasteiger partial charge in [0.1, 0.15) is 0 Å². The van der Waals surface area contributed by atoms with E-state index in [-0.39, 0.29) is 5.66 Å². The standard InChI is InChI=1S/C7H17O2P/c1-4-6-9-10(8)7(3)5-2/h7,10H,4-6H2,1-3H3. The first kappa shape index (κ1) is 10.2. The van der Waals surface area contributed by atoms with Crippen molar-refractivity contribution in [2.75, 3.05) is 6.61 Å². The maximum absolute atomic E-state index is 11.1. The Morgan fingerprint density at radius 3 is 2.50 bits per heavy atom. The lowest BCUT2D eigenvalue weighted by Crippen LogP contribution is -1.95. The predicted molar refractivity (Wildman–Crippen MR) is 45.0 cm³/mol. The highest BCUT2D eigenvalue weighted by atomic mass is 31.1. The van der Waals surface area contributed by atoms with E-state index in [2.05, 4.69) is 0 Å². The highest BCUT2D eigenvalue weighted by Crippen LogP contribution is 2.30. The third-order valence-electron chi connectivity index (χ3n) is 1.46. The van der Waals surface area contributed by atoms with Gasteiger partial charge in [-0.3, -0.25) is 4.57 Å². The van der Waals surface area contributed by atoms with E-state index in [4.69, 9.17) is 4.52 Å². The molecule has 2 unspecified atom stereocenters. The molecule has 0 heterocycles. The molecule has 0 saturated carbocycles. The molecule has 3 heteroatoms. The van der Waals surface area contributed by atoms with E-state index in [1.54, 1.807) is 0 Å². The minimum absolute atomic E-state index is 0.247. The van der Waals surface area contributed by atoms with Crippen molar-refractivity contribution in [3.05, 3.63) is 0 Å². The summed E-state index contributed by atoms with van der Waals surface area (Å²) in [5.41, 5.74) is 0.247. The topological polar surface area (TPSA) is 26.3 Å². The molecule has 0 amide bonds. The molecule has 0 aliphatic carbocycles. The third-order valence-corrected chi connectivity index (χ3v) is 3.16. The lowest BCUT2D eigenvalue weighted by molar-refractivity contribution is 0.323. The van der Waals surface area contributed by atoms with Crippen molar-refractivity contribution in [1.82, 2.24) is 0 Å². The molecule has 0 saturated heterocycles. The van der Waals surface area contributed by atoms with Crippen molar-refractivity contribution >= 4 is 8.03 Å². The van der Waals surface area contributed by atoms with E-state index in [9.17, 15) is 4.57 Å². The van der Waals surface area contributed by atoms with Crippen LogP contribution in [0, 0.1) is 0 Å². The Hall–Kier alpha value is 0.190. The fourth-order valence-corrected chi connectivity index (χ4v) is 1.53. The van der Waals surface area contributed by atoms with Gasteiger partial charge in [-0.15, -0.1) is 0 Å². The molecule has 0 rings (SSSR count). The molecule has 0 fully saturated rings. The Morgan fingerprint density at radius 2 is 2.10 bits per heavy atom. The van der Waals surface area contributed by atoms with Gasteiger partial charge < -0.3 is 4.52 Å². The smallest absolute Gasteiger partial charge is 0.194 e. The van der Waals surface area contributed by atoms with Gasteiger partial charge in [0.2, 0.25) is 0 Å². The molecule has 2 atom stereocenters. The summed E-state index contributed by atoms with van der Waals surface area (Å²) in [5.74, 6) is 0. The Balaban J connectivity index is 3.42. The SMILES string of the molecule is CCCO[PH](=O)C(C)CC. The zero-order valence-electron chi connectivity index (χ0n) is 7.02. The summed E-state index contributed by atoms with van der Waals surface area (Å²) in [6, 6.07) is 0. The summed E-state index contributed by atoms with van der Waals surface area (Å²) in [5, 5.41) is 0. The van der Waals surface area contributed by atoms with Gasteiger partial charge in [0.15, 0.2) is 8.03 Å². The fourth-order valence-electron chi connectivity index (χ4n) is 0.512. The van der Waals surface area contributed by atoms with Gasteiger partial charge >= 0.3 is 0 Å². The van der Waals surface area contributed by atoms with Crippen LogP contribution in [0.25, 0.3) is 0 Å². The number of rotatable bonds is 5. The molecule has 0 bridgehead atoms. The fraction of sp³-hybridized carbons (Fsp3) is 1.00. The van der Waals surface area contributed by atoms with Crippen molar-refractivity contribution in [3.63, 3.8) is 0 Å². The van der Waals surface area contributed by atoms with Crippen molar-refractivity contribution < 1.29 is 9.09 Å². The molecule has 0 aromatic carbocycles. The quantitative estimate of drug-likeness (QED) is 0.584. The first-order valence-corrected chi connectivity index (χ1v) is 5.28. The molecule has 10 heavy (non-hydrogen) atoms. The zero-order chi connectivity index (χ0) is 7.98. The normalized spacial score (nSPS) is 16.7. The molecule has 0 aliphatic rings. The lowest BCUT2D eigenvalue weighted by atomic mass is 10.4. The second kappa shape index (κ2) is 5.94. The minimum Gasteiger partial charge on any atom is -0.330 e. The largest absolute Gasteiger partial charge is 0.330 e. The van der Waals surface area contributed by atoms with Gasteiger partial charge in [-0.1, -0.05) is 20.8 Å². The van der Waals surface area contributed by atoms with Crippen LogP contribution in [0.1, 0.15) is 33.6 Å². The predicted octanol–water partition coefficient (Wildman–Crippen LogP) is 2.69. The molecule has 2 nitrogen and oxygen atoms in total. The zero-order valence-corrected chi connectivity index (χ0v) is 8.02. The Morgan fingerprint density at radius 1 is 1.50 bits per heavy atom. The average Bonchev–Trinajstić information content (AvgIpc) is 1.98. The molecular weight excluding hydrogens is 147 g/mol. The lowest BCUT2D eigenvalue weighted by Gasteiger charge is -2.07. The monoisotopic (exact) mass is 164 g/mol. The Bertz CT molecular complexity index is 104. The van der Waals surface area contributed by atoms with Crippen molar-refractivity contribution in [3.8, 4) is 0 Å². The van der Waals surface area contributed by atoms with Crippen molar-refractivity contribution in [2.24, 2.45) is 0 Å². The van der Waals surface area contributed by atoms with E-state index in [1.165, 1.54) is 0 Å². The van der Waals surface area contributed by atoms with Gasteiger partial charge in [0.05, 0.1) is 6.61 Å². The summed E-state index contributed by atoms with van der Waals surface area (Å²) in [4.78, 5) is 0. The van der Waals surface area contributed by atoms with Gasteiger partial charge in [-0.25, -0.2) is 0 Å². The van der Waals surface area contributed by atoms with Crippen molar-refractivity contribution in [1.29, 1.82) is 0 Å². The van der Waals surface area contributed by atoms with Crippen LogP contribution in [0.4, 0.5) is 0 Å². The van der Waals surface area contributed by atoms with Crippen LogP contribution in [-0.4, -0.2) is 12.3 Å². The summed E-state index contributed by atoms with van der Waals surface area (Å²) < 4.78 is 16.2.